The lowest BCUT2D eigenvalue weighted by Gasteiger charge is -2.32. The molecule has 1 unspecified atom stereocenters. The summed E-state index contributed by atoms with van der Waals surface area (Å²) in [5, 5.41) is 17.8. The zero-order valence-corrected chi connectivity index (χ0v) is 18.2. The van der Waals surface area contributed by atoms with Gasteiger partial charge in [-0.3, -0.25) is 19.4 Å². The molecule has 3 atom stereocenters. The van der Waals surface area contributed by atoms with Crippen molar-refractivity contribution >= 4 is 34.1 Å². The summed E-state index contributed by atoms with van der Waals surface area (Å²) >= 11 is 0. The molecule has 0 spiro atoms. The number of carbonyl (C=O) groups is 3. The van der Waals surface area contributed by atoms with Gasteiger partial charge in [0.05, 0.1) is 11.6 Å². The number of carbonyl (C=O) groups excluding carboxylic acids is 2. The van der Waals surface area contributed by atoms with E-state index in [1.165, 1.54) is 0 Å². The Labute approximate surface area is 184 Å². The summed E-state index contributed by atoms with van der Waals surface area (Å²) < 4.78 is 13.2. The van der Waals surface area contributed by atoms with Crippen LogP contribution in [0.3, 0.4) is 0 Å². The van der Waals surface area contributed by atoms with Crippen molar-refractivity contribution in [3.8, 4) is 0 Å². The highest BCUT2D eigenvalue weighted by Crippen LogP contribution is 2.35. The molecular weight excluding hydrogens is 417 g/mol. The van der Waals surface area contributed by atoms with E-state index in [2.05, 4.69) is 15.5 Å². The maximum atomic E-state index is 13.3. The first-order valence-electron chi connectivity index (χ1n) is 10.5. The summed E-state index contributed by atoms with van der Waals surface area (Å²) in [6, 6.07) is 7.96. The smallest absolute Gasteiger partial charge is 0.309 e. The van der Waals surface area contributed by atoms with E-state index in [4.69, 9.17) is 4.84 Å². The number of carboxylic acid groups (broad SMARTS) is 1. The number of alkyl halides is 1. The number of rotatable bonds is 9. The van der Waals surface area contributed by atoms with Gasteiger partial charge in [0.25, 0.3) is 5.91 Å². The Hall–Kier alpha value is -3.36. The lowest BCUT2D eigenvalue weighted by molar-refractivity contribution is -0.154. The van der Waals surface area contributed by atoms with Crippen molar-refractivity contribution in [3.63, 3.8) is 0 Å². The van der Waals surface area contributed by atoms with Crippen molar-refractivity contribution in [3.05, 3.63) is 42.2 Å². The monoisotopic (exact) mass is 443 g/mol. The van der Waals surface area contributed by atoms with Gasteiger partial charge in [-0.25, -0.2) is 4.39 Å². The van der Waals surface area contributed by atoms with Gasteiger partial charge in [-0.05, 0) is 17.9 Å². The second-order valence-electron chi connectivity index (χ2n) is 8.13. The van der Waals surface area contributed by atoms with Crippen LogP contribution in [-0.2, 0) is 19.2 Å². The summed E-state index contributed by atoms with van der Waals surface area (Å²) in [7, 11) is 0. The number of halogens is 1. The standard InChI is InChI=1S/C23H26FN3O5/c1-4-15(21(29)30)20(18(28)12-24)26-22(31)23(13(2)3)11-17(27-32-23)19-16-8-6-5-7-14(16)9-10-25-19/h5-10,13,15,20H,4,11-12H2,1-3H3,(H,26,31)(H,29,30)/t15-,20?,23+/m0/s1. The maximum absolute atomic E-state index is 13.3. The van der Waals surface area contributed by atoms with Gasteiger partial charge in [0, 0.05) is 23.9 Å². The van der Waals surface area contributed by atoms with Gasteiger partial charge in [-0.15, -0.1) is 0 Å². The summed E-state index contributed by atoms with van der Waals surface area (Å²) in [4.78, 5) is 47.1. The van der Waals surface area contributed by atoms with Gasteiger partial charge in [0.2, 0.25) is 5.60 Å². The molecule has 1 aromatic heterocycles. The molecule has 0 aliphatic carbocycles. The van der Waals surface area contributed by atoms with Crippen LogP contribution in [0, 0.1) is 11.8 Å². The third kappa shape index (κ3) is 4.19. The van der Waals surface area contributed by atoms with Gasteiger partial charge < -0.3 is 15.3 Å². The van der Waals surface area contributed by atoms with Crippen molar-refractivity contribution in [2.24, 2.45) is 17.0 Å². The Morgan fingerprint density at radius 1 is 1.25 bits per heavy atom. The topological polar surface area (TPSA) is 118 Å². The Kier molecular flexibility index (Phi) is 6.86. The molecule has 32 heavy (non-hydrogen) atoms. The molecule has 0 saturated heterocycles. The lowest BCUT2D eigenvalue weighted by atomic mass is 9.83. The molecule has 9 heteroatoms. The number of Topliss-reactive ketones (excluding diaryl/α,β-unsaturated/α-hetero) is 1. The summed E-state index contributed by atoms with van der Waals surface area (Å²) in [5.74, 6) is -4.64. The number of aromatic nitrogens is 1. The molecule has 0 saturated carbocycles. The number of aliphatic carboxylic acids is 1. The predicted molar refractivity (Wildman–Crippen MR) is 116 cm³/mol. The number of oxime groups is 1. The fourth-order valence-corrected chi connectivity index (χ4v) is 3.92. The van der Waals surface area contributed by atoms with Crippen molar-refractivity contribution in [2.75, 3.05) is 6.67 Å². The van der Waals surface area contributed by atoms with E-state index in [1.807, 2.05) is 30.3 Å². The van der Waals surface area contributed by atoms with E-state index in [0.29, 0.717) is 11.4 Å². The van der Waals surface area contributed by atoms with Crippen molar-refractivity contribution < 1.29 is 28.7 Å². The minimum Gasteiger partial charge on any atom is -0.481 e. The molecule has 3 rings (SSSR count). The Morgan fingerprint density at radius 2 is 1.97 bits per heavy atom. The SMILES string of the molecule is CC[C@H](C(=O)O)C(NC(=O)[C@]1(C(C)C)CC(c2nccc3ccccc23)=NO1)C(=O)CF. The molecule has 1 amide bonds. The van der Waals surface area contributed by atoms with Crippen molar-refractivity contribution in [1.29, 1.82) is 0 Å². The fraction of sp³-hybridized carbons (Fsp3) is 0.435. The van der Waals surface area contributed by atoms with Crippen LogP contribution in [0.15, 0.2) is 41.7 Å². The van der Waals surface area contributed by atoms with E-state index < -0.39 is 41.9 Å². The molecule has 170 valence electrons. The predicted octanol–water partition coefficient (Wildman–Crippen LogP) is 2.89. The molecule has 2 N–H and O–H groups in total. The van der Waals surface area contributed by atoms with Crippen molar-refractivity contribution in [2.45, 2.75) is 45.3 Å². The molecule has 0 bridgehead atoms. The van der Waals surface area contributed by atoms with Gasteiger partial charge in [-0.1, -0.05) is 50.2 Å². The molecule has 8 nitrogen and oxygen atoms in total. The van der Waals surface area contributed by atoms with Gasteiger partial charge in [0.15, 0.2) is 5.78 Å². The van der Waals surface area contributed by atoms with E-state index >= 15 is 0 Å². The van der Waals surface area contributed by atoms with Crippen LogP contribution in [0.5, 0.6) is 0 Å². The molecule has 1 aromatic carbocycles. The number of pyridine rings is 1. The number of ketones is 1. The van der Waals surface area contributed by atoms with E-state index in [1.54, 1.807) is 27.0 Å². The largest absolute Gasteiger partial charge is 0.481 e. The quantitative estimate of drug-likeness (QED) is 0.615. The van der Waals surface area contributed by atoms with Crippen LogP contribution in [0.2, 0.25) is 0 Å². The van der Waals surface area contributed by atoms with E-state index in [9.17, 15) is 23.9 Å². The van der Waals surface area contributed by atoms with Crippen LogP contribution in [0.1, 0.15) is 39.3 Å². The highest BCUT2D eigenvalue weighted by atomic mass is 19.1. The van der Waals surface area contributed by atoms with Crippen LogP contribution >= 0.6 is 0 Å². The first-order valence-corrected chi connectivity index (χ1v) is 10.5. The third-order valence-corrected chi connectivity index (χ3v) is 5.94. The second-order valence-corrected chi connectivity index (χ2v) is 8.13. The molecular formula is C23H26FN3O5. The molecule has 1 aliphatic heterocycles. The second kappa shape index (κ2) is 9.42. The zero-order valence-electron chi connectivity index (χ0n) is 18.2. The number of nitrogens with zero attached hydrogens (tertiary/aromatic N) is 2. The number of hydrogen-bond donors (Lipinski definition) is 2. The van der Waals surface area contributed by atoms with Crippen LogP contribution < -0.4 is 5.32 Å². The van der Waals surface area contributed by atoms with Crippen LogP contribution in [0.25, 0.3) is 10.8 Å². The fourth-order valence-electron chi connectivity index (χ4n) is 3.92. The number of nitrogens with one attached hydrogen (secondary N) is 1. The maximum Gasteiger partial charge on any atom is 0.309 e. The average Bonchev–Trinajstić information content (AvgIpc) is 3.24. The number of carboxylic acids is 1. The molecule has 2 heterocycles. The van der Waals surface area contributed by atoms with Gasteiger partial charge >= 0.3 is 5.97 Å². The summed E-state index contributed by atoms with van der Waals surface area (Å²) in [5.41, 5.74) is -0.448. The Morgan fingerprint density at radius 3 is 2.59 bits per heavy atom. The molecule has 0 fully saturated rings. The Bertz CT molecular complexity index is 1070. The first-order chi connectivity index (χ1) is 15.2. The highest BCUT2D eigenvalue weighted by molar-refractivity contribution is 6.12. The number of amides is 1. The third-order valence-electron chi connectivity index (χ3n) is 5.94. The highest BCUT2D eigenvalue weighted by Gasteiger charge is 2.51. The molecule has 1 aliphatic rings. The normalized spacial score (nSPS) is 19.8. The van der Waals surface area contributed by atoms with E-state index in [-0.39, 0.29) is 18.8 Å². The van der Waals surface area contributed by atoms with E-state index in [0.717, 1.165) is 10.8 Å². The van der Waals surface area contributed by atoms with Gasteiger partial charge in [0.1, 0.15) is 18.4 Å². The minimum atomic E-state index is -1.51. The van der Waals surface area contributed by atoms with Crippen molar-refractivity contribution in [1.82, 2.24) is 10.3 Å². The lowest BCUT2D eigenvalue weighted by Crippen LogP contribution is -2.58. The number of benzene rings is 1. The summed E-state index contributed by atoms with van der Waals surface area (Å²) in [6.45, 7) is 3.69. The van der Waals surface area contributed by atoms with Crippen LogP contribution in [0.4, 0.5) is 4.39 Å². The molecule has 2 aromatic rings. The van der Waals surface area contributed by atoms with Gasteiger partial charge in [-0.2, -0.15) is 0 Å². The zero-order chi connectivity index (χ0) is 23.5. The number of hydrogen-bond acceptors (Lipinski definition) is 6. The molecule has 0 radical (unpaired) electrons. The van der Waals surface area contributed by atoms with Crippen LogP contribution in [-0.4, -0.2) is 51.8 Å². The Balaban J connectivity index is 1.91. The summed E-state index contributed by atoms with van der Waals surface area (Å²) in [6.07, 6.45) is 1.76. The number of fused-ring (bicyclic) bond motifs is 1. The minimum absolute atomic E-state index is 0.0449. The first kappa shape index (κ1) is 23.3. The average molecular weight is 443 g/mol.